The highest BCUT2D eigenvalue weighted by Gasteiger charge is 2.27. The molecule has 66 valence electrons. The second kappa shape index (κ2) is 3.11. The summed E-state index contributed by atoms with van der Waals surface area (Å²) in [6, 6.07) is 1.06. The van der Waals surface area contributed by atoms with Crippen LogP contribution in [0.3, 0.4) is 0 Å². The largest absolute Gasteiger partial charge is 0.305 e. The minimum Gasteiger partial charge on any atom is -0.305 e. The molecular weight excluding hydrogens is 180 g/mol. The Hall–Kier alpha value is -0.480. The van der Waals surface area contributed by atoms with E-state index in [0.717, 1.165) is 16.9 Å². The van der Waals surface area contributed by atoms with E-state index in [1.54, 1.807) is 17.4 Å². The van der Waals surface area contributed by atoms with Gasteiger partial charge in [0.15, 0.2) is 0 Å². The van der Waals surface area contributed by atoms with Crippen LogP contribution >= 0.6 is 11.3 Å². The van der Waals surface area contributed by atoms with Crippen LogP contribution in [0.25, 0.3) is 0 Å². The van der Waals surface area contributed by atoms with E-state index in [0.29, 0.717) is 6.54 Å². The van der Waals surface area contributed by atoms with Gasteiger partial charge in [0.1, 0.15) is 0 Å². The van der Waals surface area contributed by atoms with Gasteiger partial charge in [-0.05, 0) is 23.4 Å². The monoisotopic (exact) mass is 189 g/mol. The molecule has 0 bridgehead atoms. The zero-order valence-corrected chi connectivity index (χ0v) is 7.20. The lowest BCUT2D eigenvalue weighted by Crippen LogP contribution is -2.33. The Morgan fingerprint density at radius 1 is 1.58 bits per heavy atom. The number of alkyl halides is 2. The molecule has 0 aliphatic carbocycles. The summed E-state index contributed by atoms with van der Waals surface area (Å²) in [6.45, 7) is 0.669. The first-order valence-electron chi connectivity index (χ1n) is 3.87. The highest BCUT2D eigenvalue weighted by molar-refractivity contribution is 7.10. The second-order valence-corrected chi connectivity index (χ2v) is 3.82. The van der Waals surface area contributed by atoms with E-state index >= 15 is 0 Å². The maximum atomic E-state index is 12.4. The molecule has 1 N–H and O–H groups in total. The molecule has 0 radical (unpaired) electrons. The first-order valence-corrected chi connectivity index (χ1v) is 4.75. The summed E-state index contributed by atoms with van der Waals surface area (Å²) in [4.78, 5) is 1.11. The summed E-state index contributed by atoms with van der Waals surface area (Å²) in [5.74, 6) is 0. The van der Waals surface area contributed by atoms with Crippen LogP contribution in [0, 0.1) is 0 Å². The molecule has 1 atom stereocenters. The molecule has 2 heterocycles. The average Bonchev–Trinajstić information content (AvgIpc) is 2.49. The highest BCUT2D eigenvalue weighted by Crippen LogP contribution is 2.30. The molecule has 12 heavy (non-hydrogen) atoms. The van der Waals surface area contributed by atoms with Gasteiger partial charge < -0.3 is 5.32 Å². The molecule has 0 saturated carbocycles. The third kappa shape index (κ3) is 1.25. The topological polar surface area (TPSA) is 12.0 Å². The molecule has 2 rings (SSSR count). The van der Waals surface area contributed by atoms with Crippen molar-refractivity contribution in [1.29, 1.82) is 0 Å². The highest BCUT2D eigenvalue weighted by atomic mass is 32.1. The predicted octanol–water partition coefficient (Wildman–Crippen LogP) is 2.20. The van der Waals surface area contributed by atoms with Crippen molar-refractivity contribution in [3.8, 4) is 0 Å². The van der Waals surface area contributed by atoms with Gasteiger partial charge in [-0.2, -0.15) is 0 Å². The molecule has 0 amide bonds. The molecule has 1 aliphatic rings. The van der Waals surface area contributed by atoms with E-state index < -0.39 is 12.5 Å². The lowest BCUT2D eigenvalue weighted by Gasteiger charge is -2.23. The van der Waals surface area contributed by atoms with Crippen molar-refractivity contribution in [3.63, 3.8) is 0 Å². The summed E-state index contributed by atoms with van der Waals surface area (Å²) >= 11 is 1.57. The quantitative estimate of drug-likeness (QED) is 0.714. The number of hydrogen-bond donors (Lipinski definition) is 1. The number of halogens is 2. The molecule has 1 aliphatic heterocycles. The summed E-state index contributed by atoms with van der Waals surface area (Å²) in [7, 11) is 0. The van der Waals surface area contributed by atoms with Crippen molar-refractivity contribution in [1.82, 2.24) is 5.32 Å². The Morgan fingerprint density at radius 3 is 3.17 bits per heavy atom. The van der Waals surface area contributed by atoms with E-state index in [9.17, 15) is 8.78 Å². The minimum atomic E-state index is -2.29. The minimum absolute atomic E-state index is 0.669. The summed E-state index contributed by atoms with van der Waals surface area (Å²) < 4.78 is 24.8. The van der Waals surface area contributed by atoms with Gasteiger partial charge in [-0.1, -0.05) is 0 Å². The Morgan fingerprint density at radius 2 is 2.42 bits per heavy atom. The molecule has 4 heteroatoms. The lowest BCUT2D eigenvalue weighted by molar-refractivity contribution is 0.0958. The molecule has 0 spiro atoms. The molecule has 1 aromatic rings. The lowest BCUT2D eigenvalue weighted by atomic mass is 10.0. The molecule has 0 aromatic carbocycles. The van der Waals surface area contributed by atoms with Crippen LogP contribution in [0.5, 0.6) is 0 Å². The molecule has 0 fully saturated rings. The van der Waals surface area contributed by atoms with Gasteiger partial charge in [-0.15, -0.1) is 11.3 Å². The Balaban J connectivity index is 2.31. The molecular formula is C8H9F2NS. The van der Waals surface area contributed by atoms with Gasteiger partial charge in [-0.3, -0.25) is 0 Å². The van der Waals surface area contributed by atoms with E-state index in [1.807, 2.05) is 5.38 Å². The first kappa shape index (κ1) is 8.13. The third-order valence-corrected chi connectivity index (χ3v) is 3.08. The molecule has 1 unspecified atom stereocenters. The Labute approximate surface area is 73.4 Å². The van der Waals surface area contributed by atoms with Crippen molar-refractivity contribution in [2.45, 2.75) is 18.9 Å². The van der Waals surface area contributed by atoms with E-state index in [-0.39, 0.29) is 0 Å². The molecule has 0 saturated heterocycles. The summed E-state index contributed by atoms with van der Waals surface area (Å²) in [5.41, 5.74) is 0.793. The molecule has 1 aromatic heterocycles. The van der Waals surface area contributed by atoms with Gasteiger partial charge >= 0.3 is 0 Å². The normalized spacial score (nSPS) is 22.8. The summed E-state index contributed by atoms with van der Waals surface area (Å²) in [5, 5.41) is 4.70. The van der Waals surface area contributed by atoms with E-state index in [4.69, 9.17) is 0 Å². The van der Waals surface area contributed by atoms with Crippen LogP contribution in [-0.4, -0.2) is 13.0 Å². The third-order valence-electron chi connectivity index (χ3n) is 2.08. The maximum absolute atomic E-state index is 12.4. The van der Waals surface area contributed by atoms with Gasteiger partial charge in [-0.25, -0.2) is 8.78 Å². The fourth-order valence-electron chi connectivity index (χ4n) is 1.51. The van der Waals surface area contributed by atoms with Gasteiger partial charge in [0.05, 0.1) is 6.04 Å². The number of fused-ring (bicyclic) bond motifs is 1. The Bertz CT molecular complexity index is 272. The standard InChI is InChI=1S/C8H9F2NS/c9-8(10)7-5-2-4-12-6(5)1-3-11-7/h2,4,7-8,11H,1,3H2. The van der Waals surface area contributed by atoms with Crippen LogP contribution in [0.4, 0.5) is 8.78 Å². The van der Waals surface area contributed by atoms with E-state index in [1.165, 1.54) is 0 Å². The number of rotatable bonds is 1. The van der Waals surface area contributed by atoms with Crippen molar-refractivity contribution in [2.75, 3.05) is 6.54 Å². The van der Waals surface area contributed by atoms with Gasteiger partial charge in [0, 0.05) is 11.4 Å². The van der Waals surface area contributed by atoms with Crippen molar-refractivity contribution < 1.29 is 8.78 Å². The maximum Gasteiger partial charge on any atom is 0.257 e. The van der Waals surface area contributed by atoms with Crippen LogP contribution < -0.4 is 5.32 Å². The average molecular weight is 189 g/mol. The molecule has 1 nitrogen and oxygen atoms in total. The SMILES string of the molecule is FC(F)C1NCCc2sccc21. The first-order chi connectivity index (χ1) is 5.79. The van der Waals surface area contributed by atoms with Crippen molar-refractivity contribution in [2.24, 2.45) is 0 Å². The summed E-state index contributed by atoms with van der Waals surface area (Å²) in [6.07, 6.45) is -1.41. The smallest absolute Gasteiger partial charge is 0.257 e. The second-order valence-electron chi connectivity index (χ2n) is 2.82. The van der Waals surface area contributed by atoms with E-state index in [2.05, 4.69) is 5.32 Å². The number of nitrogens with one attached hydrogen (secondary N) is 1. The zero-order valence-electron chi connectivity index (χ0n) is 6.39. The van der Waals surface area contributed by atoms with Crippen molar-refractivity contribution in [3.05, 3.63) is 21.9 Å². The predicted molar refractivity (Wildman–Crippen MR) is 44.8 cm³/mol. The van der Waals surface area contributed by atoms with Crippen LogP contribution in [-0.2, 0) is 6.42 Å². The number of hydrogen-bond acceptors (Lipinski definition) is 2. The van der Waals surface area contributed by atoms with Gasteiger partial charge in [0.2, 0.25) is 0 Å². The van der Waals surface area contributed by atoms with Crippen LogP contribution in [0.15, 0.2) is 11.4 Å². The van der Waals surface area contributed by atoms with Crippen molar-refractivity contribution >= 4 is 11.3 Å². The zero-order chi connectivity index (χ0) is 8.55. The van der Waals surface area contributed by atoms with Gasteiger partial charge in [0.25, 0.3) is 6.43 Å². The van der Waals surface area contributed by atoms with Crippen LogP contribution in [0.1, 0.15) is 16.5 Å². The Kier molecular flexibility index (Phi) is 2.11. The number of thiophene rings is 1. The fourth-order valence-corrected chi connectivity index (χ4v) is 2.44. The fraction of sp³-hybridized carbons (Fsp3) is 0.500. The van der Waals surface area contributed by atoms with Crippen LogP contribution in [0.2, 0.25) is 0 Å².